The average Bonchev–Trinajstić information content (AvgIpc) is 3.31. The predicted molar refractivity (Wildman–Crippen MR) is 149 cm³/mol. The normalized spacial score (nSPS) is 12.8. The highest BCUT2D eigenvalue weighted by molar-refractivity contribution is 7.80. The number of hydrogen-bond acceptors (Lipinski definition) is 9. The highest BCUT2D eigenvalue weighted by atomic mass is 32.2. The SMILES string of the molecule is CN(C)N(c1ccc(O)c(-c2cc(C(CC(=O)O)C(=O)O)cc(-c3nc4ccc(C(=N)N)cc4[nH]3)c2O)c1)S(=O)[O-]. The molecule has 2 unspecified atom stereocenters. The van der Waals surface area contributed by atoms with Gasteiger partial charge in [-0.05, 0) is 54.1 Å². The highest BCUT2D eigenvalue weighted by Gasteiger charge is 2.28. The van der Waals surface area contributed by atoms with Gasteiger partial charge in [0.2, 0.25) is 0 Å². The summed E-state index contributed by atoms with van der Waals surface area (Å²) in [5.74, 6) is -5.30. The van der Waals surface area contributed by atoms with Crippen molar-refractivity contribution in [1.29, 1.82) is 5.41 Å². The van der Waals surface area contributed by atoms with Crippen LogP contribution in [0.4, 0.5) is 5.69 Å². The van der Waals surface area contributed by atoms with E-state index in [1.807, 2.05) is 0 Å². The summed E-state index contributed by atoms with van der Waals surface area (Å²) in [5.41, 5.74) is 6.74. The zero-order valence-electron chi connectivity index (χ0n) is 21.7. The molecule has 4 rings (SSSR count). The van der Waals surface area contributed by atoms with Crippen LogP contribution in [-0.2, 0) is 20.9 Å². The zero-order valence-corrected chi connectivity index (χ0v) is 22.5. The van der Waals surface area contributed by atoms with Crippen LogP contribution in [-0.4, -0.2) is 76.0 Å². The summed E-state index contributed by atoms with van der Waals surface area (Å²) in [6.07, 6.45) is -0.781. The van der Waals surface area contributed by atoms with Crippen molar-refractivity contribution in [3.63, 3.8) is 0 Å². The maximum Gasteiger partial charge on any atom is 0.311 e. The quantitative estimate of drug-likeness (QED) is 0.0620. The summed E-state index contributed by atoms with van der Waals surface area (Å²) in [6.45, 7) is 0. The Hall–Kier alpha value is -4.99. The number of hydrazine groups is 1. The van der Waals surface area contributed by atoms with E-state index in [9.17, 15) is 38.8 Å². The Balaban J connectivity index is 2.01. The fraction of sp³-hybridized carbons (Fsp3) is 0.154. The minimum absolute atomic E-state index is 0.0172. The number of nitrogens with one attached hydrogen (secondary N) is 2. The Kier molecular flexibility index (Phi) is 7.95. The van der Waals surface area contributed by atoms with Crippen LogP contribution in [0.15, 0.2) is 48.5 Å². The summed E-state index contributed by atoms with van der Waals surface area (Å²) in [4.78, 5) is 31.1. The molecule has 3 aromatic carbocycles. The van der Waals surface area contributed by atoms with Crippen molar-refractivity contribution in [1.82, 2.24) is 15.0 Å². The van der Waals surface area contributed by atoms with Crippen molar-refractivity contribution < 1.29 is 38.8 Å². The Morgan fingerprint density at radius 2 is 1.76 bits per heavy atom. The van der Waals surface area contributed by atoms with Gasteiger partial charge >= 0.3 is 11.9 Å². The fourth-order valence-corrected chi connectivity index (χ4v) is 4.93. The maximum absolute atomic E-state index is 12.1. The second-order valence-corrected chi connectivity index (χ2v) is 10.0. The molecule has 14 nitrogen and oxygen atoms in total. The monoisotopic (exact) mass is 581 g/mol. The Labute approximate surface area is 235 Å². The van der Waals surface area contributed by atoms with Crippen molar-refractivity contribution in [3.05, 3.63) is 59.7 Å². The van der Waals surface area contributed by atoms with Crippen molar-refractivity contribution >= 4 is 45.8 Å². The topological polar surface area (TPSA) is 240 Å². The van der Waals surface area contributed by atoms with Crippen molar-refractivity contribution in [2.75, 3.05) is 18.5 Å². The number of H-pyrrole nitrogens is 1. The van der Waals surface area contributed by atoms with E-state index in [0.717, 1.165) is 4.41 Å². The van der Waals surface area contributed by atoms with E-state index in [1.54, 1.807) is 18.2 Å². The molecule has 0 aliphatic carbocycles. The maximum atomic E-state index is 12.1. The van der Waals surface area contributed by atoms with Gasteiger partial charge in [0.15, 0.2) is 0 Å². The Bertz CT molecular complexity index is 1720. The van der Waals surface area contributed by atoms with Gasteiger partial charge in [-0.3, -0.25) is 19.2 Å². The molecular formula is C26H25N6O8S-. The number of imidazole rings is 1. The first kappa shape index (κ1) is 29.0. The van der Waals surface area contributed by atoms with E-state index in [1.165, 1.54) is 49.4 Å². The standard InChI is InChI=1S/C26H26N6O8S/c1-31(2)32(41(39)40)14-4-6-21(33)16(10-14)17-7-13(15(26(37)38)11-22(34)35)8-18(23(17)36)25-29-19-5-3-12(24(27)28)9-20(19)30-25/h3-10,15,33,36H,11H2,1-2H3,(H3,27,28)(H,29,30)(H,34,35)(H,37,38)(H,39,40)/p-1. The first-order chi connectivity index (χ1) is 19.3. The van der Waals surface area contributed by atoms with Crippen molar-refractivity contribution in [2.45, 2.75) is 12.3 Å². The fourth-order valence-electron chi connectivity index (χ4n) is 4.38. The molecule has 0 fully saturated rings. The minimum Gasteiger partial charge on any atom is -0.754 e. The molecule has 214 valence electrons. The number of aromatic amines is 1. The molecule has 15 heteroatoms. The molecule has 0 spiro atoms. The molecule has 1 aromatic heterocycles. The molecule has 0 aliphatic heterocycles. The van der Waals surface area contributed by atoms with Crippen LogP contribution >= 0.6 is 0 Å². The highest BCUT2D eigenvalue weighted by Crippen LogP contribution is 2.45. The summed E-state index contributed by atoms with van der Waals surface area (Å²) >= 11 is -2.75. The third-order valence-electron chi connectivity index (χ3n) is 6.26. The number of amidine groups is 1. The van der Waals surface area contributed by atoms with Crippen LogP contribution in [0.2, 0.25) is 0 Å². The van der Waals surface area contributed by atoms with E-state index < -0.39 is 41.3 Å². The Morgan fingerprint density at radius 3 is 2.34 bits per heavy atom. The third kappa shape index (κ3) is 5.81. The molecule has 1 heterocycles. The number of nitrogens with zero attached hydrogens (tertiary/aromatic N) is 3. The molecule has 41 heavy (non-hydrogen) atoms. The summed E-state index contributed by atoms with van der Waals surface area (Å²) in [6, 6.07) is 11.0. The number of hydrogen-bond donors (Lipinski definition) is 7. The minimum atomic E-state index is -2.75. The van der Waals surface area contributed by atoms with E-state index in [0.29, 0.717) is 16.6 Å². The first-order valence-electron chi connectivity index (χ1n) is 11.8. The smallest absolute Gasteiger partial charge is 0.311 e. The number of phenolic OH excluding ortho intramolecular Hbond substituents is 2. The lowest BCUT2D eigenvalue weighted by molar-refractivity contribution is -0.145. The van der Waals surface area contributed by atoms with Gasteiger partial charge < -0.3 is 35.7 Å². The van der Waals surface area contributed by atoms with Crippen molar-refractivity contribution in [2.24, 2.45) is 5.73 Å². The van der Waals surface area contributed by atoms with E-state index in [2.05, 4.69) is 9.97 Å². The van der Waals surface area contributed by atoms with Gasteiger partial charge in [-0.1, -0.05) is 0 Å². The van der Waals surface area contributed by atoms with Gasteiger partial charge in [0, 0.05) is 30.8 Å². The van der Waals surface area contributed by atoms with Gasteiger partial charge in [0.1, 0.15) is 23.2 Å². The molecule has 0 radical (unpaired) electrons. The third-order valence-corrected chi connectivity index (χ3v) is 7.07. The van der Waals surface area contributed by atoms with Crippen LogP contribution in [0, 0.1) is 5.41 Å². The lowest BCUT2D eigenvalue weighted by Gasteiger charge is -2.32. The number of carboxylic acid groups (broad SMARTS) is 2. The summed E-state index contributed by atoms with van der Waals surface area (Å²) in [7, 11) is 2.95. The van der Waals surface area contributed by atoms with Crippen LogP contribution < -0.4 is 10.1 Å². The van der Waals surface area contributed by atoms with Crippen molar-refractivity contribution in [3.8, 4) is 34.0 Å². The van der Waals surface area contributed by atoms with Crippen LogP contribution in [0.1, 0.15) is 23.5 Å². The van der Waals surface area contributed by atoms with Gasteiger partial charge in [-0.25, -0.2) is 14.4 Å². The van der Waals surface area contributed by atoms with Crippen LogP contribution in [0.25, 0.3) is 33.5 Å². The number of fused-ring (bicyclic) bond motifs is 1. The number of aromatic hydroxyl groups is 2. The van der Waals surface area contributed by atoms with Gasteiger partial charge in [-0.2, -0.15) is 0 Å². The Morgan fingerprint density at radius 1 is 1.07 bits per heavy atom. The lowest BCUT2D eigenvalue weighted by atomic mass is 9.89. The number of anilines is 1. The molecule has 0 bridgehead atoms. The number of carbonyl (C=O) groups is 2. The number of aliphatic carboxylic acids is 2. The molecule has 2 atom stereocenters. The second kappa shape index (κ2) is 11.2. The predicted octanol–water partition coefficient (Wildman–Crippen LogP) is 2.31. The molecule has 4 aromatic rings. The largest absolute Gasteiger partial charge is 0.754 e. The number of rotatable bonds is 10. The van der Waals surface area contributed by atoms with E-state index in [-0.39, 0.29) is 45.4 Å². The lowest BCUT2D eigenvalue weighted by Crippen LogP contribution is -2.38. The van der Waals surface area contributed by atoms with Gasteiger partial charge in [-0.15, -0.1) is 0 Å². The molecular weight excluding hydrogens is 556 g/mol. The first-order valence-corrected chi connectivity index (χ1v) is 12.9. The van der Waals surface area contributed by atoms with E-state index >= 15 is 0 Å². The summed E-state index contributed by atoms with van der Waals surface area (Å²) in [5, 5.41) is 50.3. The summed E-state index contributed by atoms with van der Waals surface area (Å²) < 4.78 is 24.6. The molecule has 0 aliphatic rings. The molecule has 0 saturated carbocycles. The second-order valence-electron chi connectivity index (χ2n) is 9.22. The average molecular weight is 582 g/mol. The van der Waals surface area contributed by atoms with Gasteiger partial charge in [0.25, 0.3) is 0 Å². The number of aromatic nitrogens is 2. The number of benzene rings is 3. The van der Waals surface area contributed by atoms with Crippen LogP contribution in [0.5, 0.6) is 11.5 Å². The van der Waals surface area contributed by atoms with Crippen LogP contribution in [0.3, 0.4) is 0 Å². The molecule has 0 saturated heterocycles. The zero-order chi connectivity index (χ0) is 30.2. The molecule has 8 N–H and O–H groups in total. The van der Waals surface area contributed by atoms with E-state index in [4.69, 9.17) is 11.1 Å². The number of phenols is 2. The number of nitrogen functional groups attached to an aromatic ring is 1. The van der Waals surface area contributed by atoms with Gasteiger partial charge in [0.05, 0.1) is 45.9 Å². The molecule has 0 amide bonds. The number of nitrogens with two attached hydrogens (primary N) is 1. The number of carboxylic acids is 2.